The lowest BCUT2D eigenvalue weighted by Gasteiger charge is -2.25. The van der Waals surface area contributed by atoms with Gasteiger partial charge in [-0.2, -0.15) is 0 Å². The highest BCUT2D eigenvalue weighted by molar-refractivity contribution is 7.07. The standard InChI is InChI=1S/C30H25N3O6S/c1-18-26(28(36)32-21-10-4-3-5-11-21)27(20-9-7-12-22(16-20)38-2)33-29(37)24(40-30(33)31-18)15-19-8-6-13-23(14-19)39-17-25(34)35/h3-16,27H,17H2,1-2H3,(H,32,36)(H,34,35)/t27-/m1/s1. The third-order valence-electron chi connectivity index (χ3n) is 6.23. The molecule has 0 radical (unpaired) electrons. The molecule has 3 aromatic carbocycles. The molecular formula is C30H25N3O6S. The van der Waals surface area contributed by atoms with E-state index in [0.717, 1.165) is 0 Å². The first kappa shape index (κ1) is 26.6. The number of methoxy groups -OCH3 is 1. The molecule has 0 spiro atoms. The van der Waals surface area contributed by atoms with Gasteiger partial charge in [0.05, 0.1) is 29.0 Å². The van der Waals surface area contributed by atoms with Crippen molar-refractivity contribution in [2.24, 2.45) is 4.99 Å². The van der Waals surface area contributed by atoms with Crippen LogP contribution in [-0.2, 0) is 9.59 Å². The van der Waals surface area contributed by atoms with Gasteiger partial charge >= 0.3 is 5.97 Å². The molecule has 2 heterocycles. The second kappa shape index (κ2) is 11.4. The van der Waals surface area contributed by atoms with E-state index in [0.29, 0.717) is 48.9 Å². The first-order valence-electron chi connectivity index (χ1n) is 12.3. The molecule has 4 aromatic rings. The van der Waals surface area contributed by atoms with Crippen LogP contribution in [0.2, 0.25) is 0 Å². The molecular weight excluding hydrogens is 530 g/mol. The predicted octanol–water partition coefficient (Wildman–Crippen LogP) is 3.35. The van der Waals surface area contributed by atoms with Gasteiger partial charge in [0, 0.05) is 5.69 Å². The predicted molar refractivity (Wildman–Crippen MR) is 151 cm³/mol. The van der Waals surface area contributed by atoms with Gasteiger partial charge in [-0.05, 0) is 60.5 Å². The number of allylic oxidation sites excluding steroid dienone is 1. The summed E-state index contributed by atoms with van der Waals surface area (Å²) in [5.41, 5.74) is 2.51. The summed E-state index contributed by atoms with van der Waals surface area (Å²) < 4.78 is 12.6. The number of thiazole rings is 1. The van der Waals surface area contributed by atoms with Crippen molar-refractivity contribution in [3.63, 3.8) is 0 Å². The lowest BCUT2D eigenvalue weighted by Crippen LogP contribution is -2.40. The number of carboxylic acid groups (broad SMARTS) is 1. The van der Waals surface area contributed by atoms with Crippen molar-refractivity contribution in [2.75, 3.05) is 19.0 Å². The summed E-state index contributed by atoms with van der Waals surface area (Å²) in [6.07, 6.45) is 1.70. The van der Waals surface area contributed by atoms with Crippen LogP contribution in [0, 0.1) is 0 Å². The zero-order chi connectivity index (χ0) is 28.2. The third kappa shape index (κ3) is 5.57. The van der Waals surface area contributed by atoms with Gasteiger partial charge in [0.15, 0.2) is 11.4 Å². The maximum atomic E-state index is 13.9. The summed E-state index contributed by atoms with van der Waals surface area (Å²) in [4.78, 5) is 43.5. The number of amides is 1. The summed E-state index contributed by atoms with van der Waals surface area (Å²) in [7, 11) is 1.56. The van der Waals surface area contributed by atoms with Crippen molar-refractivity contribution in [2.45, 2.75) is 13.0 Å². The molecule has 5 rings (SSSR count). The second-order valence-corrected chi connectivity index (χ2v) is 9.94. The van der Waals surface area contributed by atoms with Crippen LogP contribution in [-0.4, -0.2) is 35.3 Å². The Morgan fingerprint density at radius 3 is 2.55 bits per heavy atom. The molecule has 0 aliphatic carbocycles. The molecule has 0 saturated carbocycles. The number of fused-ring (bicyclic) bond motifs is 1. The fourth-order valence-electron chi connectivity index (χ4n) is 4.45. The van der Waals surface area contributed by atoms with Crippen LogP contribution in [0.1, 0.15) is 24.1 Å². The van der Waals surface area contributed by atoms with Gasteiger partial charge in [-0.15, -0.1) is 0 Å². The quantitative estimate of drug-likeness (QED) is 0.344. The number of para-hydroxylation sites is 1. The highest BCUT2D eigenvalue weighted by atomic mass is 32.1. The lowest BCUT2D eigenvalue weighted by atomic mass is 9.95. The number of aromatic nitrogens is 1. The number of hydrogen-bond acceptors (Lipinski definition) is 7. The molecule has 1 aliphatic rings. The minimum atomic E-state index is -1.08. The van der Waals surface area contributed by atoms with Gasteiger partial charge in [-0.3, -0.25) is 14.2 Å². The summed E-state index contributed by atoms with van der Waals surface area (Å²) in [6.45, 7) is 1.28. The number of rotatable bonds is 8. The first-order valence-corrected chi connectivity index (χ1v) is 13.1. The molecule has 2 N–H and O–H groups in total. The molecule has 1 atom stereocenters. The summed E-state index contributed by atoms with van der Waals surface area (Å²) >= 11 is 1.21. The number of nitrogens with one attached hydrogen (secondary N) is 1. The maximum Gasteiger partial charge on any atom is 0.341 e. The Morgan fingerprint density at radius 2 is 1.80 bits per heavy atom. The number of aliphatic carboxylic acids is 1. The summed E-state index contributed by atoms with van der Waals surface area (Å²) in [5.74, 6) is -0.485. The second-order valence-electron chi connectivity index (χ2n) is 8.93. The van der Waals surface area contributed by atoms with Crippen molar-refractivity contribution in [3.8, 4) is 11.5 Å². The fraction of sp³-hybridized carbons (Fsp3) is 0.133. The minimum absolute atomic E-state index is 0.314. The zero-order valence-electron chi connectivity index (χ0n) is 21.7. The van der Waals surface area contributed by atoms with E-state index in [4.69, 9.17) is 14.6 Å². The van der Waals surface area contributed by atoms with Crippen LogP contribution >= 0.6 is 11.3 Å². The number of benzene rings is 3. The molecule has 9 nitrogen and oxygen atoms in total. The Morgan fingerprint density at radius 1 is 1.05 bits per heavy atom. The Bertz CT molecular complexity index is 1810. The average molecular weight is 556 g/mol. The Balaban J connectivity index is 1.63. The number of carbonyl (C=O) groups is 2. The van der Waals surface area contributed by atoms with Crippen molar-refractivity contribution >= 4 is 35.0 Å². The number of carboxylic acids is 1. The van der Waals surface area contributed by atoms with E-state index in [1.54, 1.807) is 68.6 Å². The Kier molecular flexibility index (Phi) is 7.61. The van der Waals surface area contributed by atoms with Gasteiger partial charge in [-0.25, -0.2) is 9.79 Å². The smallest absolute Gasteiger partial charge is 0.341 e. The molecule has 0 saturated heterocycles. The van der Waals surface area contributed by atoms with Crippen LogP contribution in [0.4, 0.5) is 5.69 Å². The fourth-order valence-corrected chi connectivity index (χ4v) is 5.50. The molecule has 0 fully saturated rings. The number of carbonyl (C=O) groups excluding carboxylic acids is 1. The minimum Gasteiger partial charge on any atom is -0.497 e. The van der Waals surface area contributed by atoms with E-state index >= 15 is 0 Å². The van der Waals surface area contributed by atoms with Crippen LogP contribution in [0.5, 0.6) is 11.5 Å². The van der Waals surface area contributed by atoms with E-state index in [1.165, 1.54) is 15.9 Å². The van der Waals surface area contributed by atoms with Crippen LogP contribution in [0.25, 0.3) is 6.08 Å². The van der Waals surface area contributed by atoms with Crippen molar-refractivity contribution in [3.05, 3.63) is 121 Å². The molecule has 0 unspecified atom stereocenters. The van der Waals surface area contributed by atoms with E-state index in [1.807, 2.05) is 30.3 Å². The lowest BCUT2D eigenvalue weighted by molar-refractivity contribution is -0.139. The molecule has 10 heteroatoms. The number of ether oxygens (including phenoxy) is 2. The van der Waals surface area contributed by atoms with E-state index in [2.05, 4.69) is 10.3 Å². The van der Waals surface area contributed by atoms with Crippen LogP contribution in [0.3, 0.4) is 0 Å². The van der Waals surface area contributed by atoms with Gasteiger partial charge in [0.1, 0.15) is 11.5 Å². The summed E-state index contributed by atoms with van der Waals surface area (Å²) in [6, 6.07) is 22.4. The van der Waals surface area contributed by atoms with Gasteiger partial charge in [-0.1, -0.05) is 53.8 Å². The number of anilines is 1. The van der Waals surface area contributed by atoms with Crippen molar-refractivity contribution < 1.29 is 24.2 Å². The highest BCUT2D eigenvalue weighted by Crippen LogP contribution is 2.32. The molecule has 202 valence electrons. The van der Waals surface area contributed by atoms with Gasteiger partial charge < -0.3 is 19.9 Å². The van der Waals surface area contributed by atoms with E-state index < -0.39 is 18.6 Å². The molecule has 1 aliphatic heterocycles. The van der Waals surface area contributed by atoms with E-state index in [9.17, 15) is 14.4 Å². The van der Waals surface area contributed by atoms with Crippen LogP contribution < -0.4 is 29.7 Å². The third-order valence-corrected chi connectivity index (χ3v) is 7.21. The van der Waals surface area contributed by atoms with Gasteiger partial charge in [0.2, 0.25) is 0 Å². The Labute approximate surface area is 233 Å². The van der Waals surface area contributed by atoms with Crippen molar-refractivity contribution in [1.82, 2.24) is 4.57 Å². The first-order chi connectivity index (χ1) is 19.3. The Hall–Kier alpha value is -4.96. The SMILES string of the molecule is COc1cccc([C@@H]2C(C(=O)Nc3ccccc3)=C(C)N=c3sc(=Cc4cccc(OCC(=O)O)c4)c(=O)n32)c1. The topological polar surface area (TPSA) is 119 Å². The number of hydrogen-bond donors (Lipinski definition) is 2. The van der Waals surface area contributed by atoms with Crippen LogP contribution in [0.15, 0.2) is 99.9 Å². The van der Waals surface area contributed by atoms with E-state index in [-0.39, 0.29) is 11.5 Å². The average Bonchev–Trinajstić information content (AvgIpc) is 3.25. The summed E-state index contributed by atoms with van der Waals surface area (Å²) in [5, 5.41) is 11.8. The monoisotopic (exact) mass is 555 g/mol. The number of nitrogens with zero attached hydrogens (tertiary/aromatic N) is 2. The van der Waals surface area contributed by atoms with Gasteiger partial charge in [0.25, 0.3) is 11.5 Å². The maximum absolute atomic E-state index is 13.9. The molecule has 1 amide bonds. The van der Waals surface area contributed by atoms with Crippen molar-refractivity contribution in [1.29, 1.82) is 0 Å². The molecule has 0 bridgehead atoms. The normalized spacial score (nSPS) is 14.8. The molecule has 40 heavy (non-hydrogen) atoms. The largest absolute Gasteiger partial charge is 0.497 e. The zero-order valence-corrected chi connectivity index (χ0v) is 22.5. The highest BCUT2D eigenvalue weighted by Gasteiger charge is 2.32. The molecule has 1 aromatic heterocycles.